The fourth-order valence-corrected chi connectivity index (χ4v) is 3.07. The molecule has 4 rings (SSSR count). The van der Waals surface area contributed by atoms with E-state index >= 15 is 0 Å². The van der Waals surface area contributed by atoms with Crippen LogP contribution in [0.1, 0.15) is 0 Å². The van der Waals surface area contributed by atoms with Crippen LogP contribution in [0.3, 0.4) is 0 Å². The molecule has 0 saturated carbocycles. The number of fused-ring (bicyclic) bond motifs is 3. The lowest BCUT2D eigenvalue weighted by atomic mass is 10.2. The standard InChI is InChI=1S/C18H13ClFN5O3/c1-28-15-5-3-11(7-13(15)19)22-16(26)8-25-18(27)24-9-21-14-6-10(20)2-4-12(14)17(24)23-25/h2-7,9H,8H2,1H3,(H,22,26). The molecule has 0 saturated heterocycles. The molecule has 0 aliphatic heterocycles. The molecule has 142 valence electrons. The van der Waals surface area contributed by atoms with Gasteiger partial charge in [-0.2, -0.15) is 0 Å². The van der Waals surface area contributed by atoms with Crippen LogP contribution in [-0.2, 0) is 11.3 Å². The molecule has 0 aliphatic carbocycles. The SMILES string of the molecule is COc1ccc(NC(=O)Cn2nc3c4ccc(F)cc4ncn3c2=O)cc1Cl. The molecule has 0 radical (unpaired) electrons. The molecule has 0 bridgehead atoms. The molecule has 1 amide bonds. The van der Waals surface area contributed by atoms with Crippen LogP contribution in [-0.4, -0.2) is 32.2 Å². The molecule has 10 heteroatoms. The molecule has 0 spiro atoms. The van der Waals surface area contributed by atoms with Gasteiger partial charge in [-0.05, 0) is 30.3 Å². The number of amides is 1. The van der Waals surface area contributed by atoms with Gasteiger partial charge in [0.1, 0.15) is 24.4 Å². The van der Waals surface area contributed by atoms with Gasteiger partial charge in [0.25, 0.3) is 0 Å². The van der Waals surface area contributed by atoms with E-state index in [0.717, 1.165) is 4.68 Å². The van der Waals surface area contributed by atoms with Gasteiger partial charge in [0.15, 0.2) is 5.65 Å². The Morgan fingerprint density at radius 1 is 1.29 bits per heavy atom. The average Bonchev–Trinajstić information content (AvgIpc) is 2.97. The summed E-state index contributed by atoms with van der Waals surface area (Å²) < 4.78 is 20.7. The van der Waals surface area contributed by atoms with E-state index < -0.39 is 17.4 Å². The Morgan fingerprint density at radius 3 is 2.86 bits per heavy atom. The van der Waals surface area contributed by atoms with Crippen LogP contribution < -0.4 is 15.7 Å². The first-order valence-corrected chi connectivity index (χ1v) is 8.51. The number of aromatic nitrogens is 4. The zero-order valence-corrected chi connectivity index (χ0v) is 15.3. The third-order valence-corrected chi connectivity index (χ3v) is 4.41. The largest absolute Gasteiger partial charge is 0.495 e. The summed E-state index contributed by atoms with van der Waals surface area (Å²) in [5, 5.41) is 7.68. The quantitative estimate of drug-likeness (QED) is 0.567. The van der Waals surface area contributed by atoms with Crippen molar-refractivity contribution in [2.45, 2.75) is 6.54 Å². The van der Waals surface area contributed by atoms with Crippen molar-refractivity contribution in [3.8, 4) is 5.75 Å². The fraction of sp³-hybridized carbons (Fsp3) is 0.111. The normalized spacial score (nSPS) is 11.1. The summed E-state index contributed by atoms with van der Waals surface area (Å²) in [5.74, 6) is -0.425. The van der Waals surface area contributed by atoms with Crippen LogP contribution in [0.4, 0.5) is 10.1 Å². The van der Waals surface area contributed by atoms with Gasteiger partial charge in [0.2, 0.25) is 5.91 Å². The van der Waals surface area contributed by atoms with Crippen molar-refractivity contribution in [1.29, 1.82) is 0 Å². The maximum absolute atomic E-state index is 13.4. The van der Waals surface area contributed by atoms with Crippen LogP contribution in [0.2, 0.25) is 5.02 Å². The van der Waals surface area contributed by atoms with E-state index in [1.807, 2.05) is 0 Å². The zero-order valence-electron chi connectivity index (χ0n) is 14.5. The minimum atomic E-state index is -0.531. The number of carbonyl (C=O) groups is 1. The third kappa shape index (κ3) is 3.16. The summed E-state index contributed by atoms with van der Waals surface area (Å²) in [6.07, 6.45) is 1.25. The first-order valence-electron chi connectivity index (χ1n) is 8.13. The minimum absolute atomic E-state index is 0.287. The van der Waals surface area contributed by atoms with Gasteiger partial charge < -0.3 is 10.1 Å². The highest BCUT2D eigenvalue weighted by atomic mass is 35.5. The maximum atomic E-state index is 13.4. The monoisotopic (exact) mass is 401 g/mol. The summed E-state index contributed by atoms with van der Waals surface area (Å²) >= 11 is 6.04. The Kier molecular flexibility index (Phi) is 4.44. The number of nitrogens with zero attached hydrogens (tertiary/aromatic N) is 4. The van der Waals surface area contributed by atoms with Crippen LogP contribution in [0.25, 0.3) is 16.6 Å². The van der Waals surface area contributed by atoms with E-state index in [0.29, 0.717) is 27.4 Å². The number of methoxy groups -OCH3 is 1. The van der Waals surface area contributed by atoms with Gasteiger partial charge in [0.05, 0.1) is 17.6 Å². The number of benzene rings is 2. The predicted octanol–water partition coefficient (Wildman–Crippen LogP) is 2.48. The van der Waals surface area contributed by atoms with Crippen LogP contribution in [0, 0.1) is 5.82 Å². The Balaban J connectivity index is 1.63. The number of hydrogen-bond acceptors (Lipinski definition) is 5. The number of nitrogens with one attached hydrogen (secondary N) is 1. The molecule has 8 nitrogen and oxygen atoms in total. The molecule has 0 unspecified atom stereocenters. The van der Waals surface area contributed by atoms with Crippen molar-refractivity contribution < 1.29 is 13.9 Å². The first-order chi connectivity index (χ1) is 13.5. The van der Waals surface area contributed by atoms with Gasteiger partial charge in [-0.3, -0.25) is 4.79 Å². The Morgan fingerprint density at radius 2 is 2.11 bits per heavy atom. The van der Waals surface area contributed by atoms with Gasteiger partial charge in [0, 0.05) is 17.1 Å². The molecule has 4 aromatic rings. The van der Waals surface area contributed by atoms with E-state index in [4.69, 9.17) is 16.3 Å². The first kappa shape index (κ1) is 17.9. The number of hydrogen-bond donors (Lipinski definition) is 1. The van der Waals surface area contributed by atoms with Gasteiger partial charge in [-0.15, -0.1) is 5.10 Å². The van der Waals surface area contributed by atoms with E-state index in [2.05, 4.69) is 15.4 Å². The lowest BCUT2D eigenvalue weighted by Gasteiger charge is -2.07. The van der Waals surface area contributed by atoms with Crippen molar-refractivity contribution in [3.05, 3.63) is 64.0 Å². The Hall–Kier alpha value is -3.46. The number of rotatable bonds is 4. The minimum Gasteiger partial charge on any atom is -0.495 e. The molecule has 2 aromatic heterocycles. The van der Waals surface area contributed by atoms with Gasteiger partial charge in [-0.25, -0.2) is 23.3 Å². The van der Waals surface area contributed by atoms with E-state index in [1.165, 1.54) is 42.1 Å². The molecule has 0 atom stereocenters. The predicted molar refractivity (Wildman–Crippen MR) is 101 cm³/mol. The van der Waals surface area contributed by atoms with Crippen LogP contribution >= 0.6 is 11.6 Å². The average molecular weight is 402 g/mol. The van der Waals surface area contributed by atoms with Crippen molar-refractivity contribution in [3.63, 3.8) is 0 Å². The van der Waals surface area contributed by atoms with Gasteiger partial charge in [-0.1, -0.05) is 11.6 Å². The van der Waals surface area contributed by atoms with Crippen molar-refractivity contribution in [2.24, 2.45) is 0 Å². The van der Waals surface area contributed by atoms with Crippen molar-refractivity contribution in [2.75, 3.05) is 12.4 Å². The van der Waals surface area contributed by atoms with Crippen molar-refractivity contribution in [1.82, 2.24) is 19.2 Å². The molecule has 28 heavy (non-hydrogen) atoms. The summed E-state index contributed by atoms with van der Waals surface area (Å²) in [4.78, 5) is 28.9. The molecule has 0 fully saturated rings. The summed E-state index contributed by atoms with van der Waals surface area (Å²) in [7, 11) is 1.49. The molecular formula is C18H13ClFN5O3. The molecule has 2 aromatic carbocycles. The fourth-order valence-electron chi connectivity index (χ4n) is 2.81. The Labute approximate surface area is 162 Å². The summed E-state index contributed by atoms with van der Waals surface area (Å²) in [6.45, 7) is -0.313. The second-order valence-corrected chi connectivity index (χ2v) is 6.34. The number of anilines is 1. The second kappa shape index (κ2) is 6.93. The highest BCUT2D eigenvalue weighted by Crippen LogP contribution is 2.27. The van der Waals surface area contributed by atoms with Gasteiger partial charge >= 0.3 is 5.69 Å². The van der Waals surface area contributed by atoms with E-state index in [9.17, 15) is 14.0 Å². The lowest BCUT2D eigenvalue weighted by Crippen LogP contribution is -2.28. The van der Waals surface area contributed by atoms with Crippen LogP contribution in [0.5, 0.6) is 5.75 Å². The second-order valence-electron chi connectivity index (χ2n) is 5.94. The molecule has 0 aliphatic rings. The lowest BCUT2D eigenvalue weighted by molar-refractivity contribution is -0.117. The zero-order chi connectivity index (χ0) is 19.8. The Bertz CT molecular complexity index is 1280. The molecular weight excluding hydrogens is 389 g/mol. The highest BCUT2D eigenvalue weighted by Gasteiger charge is 2.14. The van der Waals surface area contributed by atoms with E-state index in [1.54, 1.807) is 12.1 Å². The number of halogens is 2. The van der Waals surface area contributed by atoms with Crippen molar-refractivity contribution >= 4 is 39.7 Å². The van der Waals surface area contributed by atoms with E-state index in [-0.39, 0.29) is 12.2 Å². The smallest absolute Gasteiger partial charge is 0.352 e. The number of carbonyl (C=O) groups excluding carboxylic acids is 1. The summed E-state index contributed by atoms with van der Waals surface area (Å²) in [5.41, 5.74) is 0.573. The molecule has 1 N–H and O–H groups in total. The topological polar surface area (TPSA) is 90.5 Å². The van der Waals surface area contributed by atoms with Crippen LogP contribution in [0.15, 0.2) is 47.5 Å². The number of ether oxygens (including phenoxy) is 1. The third-order valence-electron chi connectivity index (χ3n) is 4.11. The summed E-state index contributed by atoms with van der Waals surface area (Å²) in [6, 6.07) is 8.78. The highest BCUT2D eigenvalue weighted by molar-refractivity contribution is 6.32. The maximum Gasteiger partial charge on any atom is 0.352 e. The molecule has 2 heterocycles.